The van der Waals surface area contributed by atoms with Crippen LogP contribution in [0.3, 0.4) is 0 Å². The molecule has 0 radical (unpaired) electrons. The fourth-order valence-electron chi connectivity index (χ4n) is 2.48. The van der Waals surface area contributed by atoms with Crippen LogP contribution in [0.4, 0.5) is 5.82 Å². The topological polar surface area (TPSA) is 49.8 Å². The van der Waals surface area contributed by atoms with Crippen LogP contribution < -0.4 is 10.6 Å². The lowest BCUT2D eigenvalue weighted by atomic mass is 10.2. The fraction of sp³-hybridized carbons (Fsp3) is 0.636. The Hall–Kier alpha value is -1.16. The first-order chi connectivity index (χ1) is 7.43. The summed E-state index contributed by atoms with van der Waals surface area (Å²) >= 11 is 0. The molecule has 0 saturated heterocycles. The van der Waals surface area contributed by atoms with Gasteiger partial charge in [0.15, 0.2) is 0 Å². The summed E-state index contributed by atoms with van der Waals surface area (Å²) in [5, 5.41) is 6.86. The van der Waals surface area contributed by atoms with E-state index in [1.807, 2.05) is 0 Å². The molecule has 1 aliphatic carbocycles. The average Bonchev–Trinajstić information content (AvgIpc) is 2.87. The lowest BCUT2D eigenvalue weighted by Crippen LogP contribution is -2.17. The number of hydrogen-bond donors (Lipinski definition) is 2. The smallest absolute Gasteiger partial charge is 0.134 e. The lowest BCUT2D eigenvalue weighted by Gasteiger charge is -2.14. The Labute approximate surface area is 89.5 Å². The summed E-state index contributed by atoms with van der Waals surface area (Å²) in [5.41, 5.74) is 2.43. The Morgan fingerprint density at radius 1 is 1.20 bits per heavy atom. The van der Waals surface area contributed by atoms with Gasteiger partial charge in [0.25, 0.3) is 0 Å². The van der Waals surface area contributed by atoms with E-state index in [1.54, 1.807) is 6.33 Å². The molecule has 80 valence electrons. The molecule has 4 heteroatoms. The average molecular weight is 204 g/mol. The molecule has 2 N–H and O–H groups in total. The first-order valence-electron chi connectivity index (χ1n) is 5.73. The van der Waals surface area contributed by atoms with Crippen LogP contribution in [0.25, 0.3) is 0 Å². The third-order valence-corrected chi connectivity index (χ3v) is 3.32. The van der Waals surface area contributed by atoms with E-state index in [0.717, 1.165) is 24.6 Å². The van der Waals surface area contributed by atoms with Crippen LogP contribution in [-0.2, 0) is 13.1 Å². The number of nitrogens with one attached hydrogen (secondary N) is 2. The Kier molecular flexibility index (Phi) is 2.29. The van der Waals surface area contributed by atoms with E-state index in [1.165, 1.54) is 31.2 Å². The van der Waals surface area contributed by atoms with Crippen molar-refractivity contribution < 1.29 is 0 Å². The summed E-state index contributed by atoms with van der Waals surface area (Å²) in [6.07, 6.45) is 6.94. The molecule has 1 saturated carbocycles. The molecule has 4 nitrogen and oxygen atoms in total. The van der Waals surface area contributed by atoms with Crippen molar-refractivity contribution in [1.82, 2.24) is 15.3 Å². The molecular formula is C11H16N4. The second-order valence-electron chi connectivity index (χ2n) is 4.38. The Morgan fingerprint density at radius 3 is 2.93 bits per heavy atom. The Bertz CT molecular complexity index is 358. The largest absolute Gasteiger partial charge is 0.367 e. The number of rotatable bonds is 2. The highest BCUT2D eigenvalue weighted by Gasteiger charge is 2.20. The van der Waals surface area contributed by atoms with Gasteiger partial charge in [-0.1, -0.05) is 12.8 Å². The van der Waals surface area contributed by atoms with Crippen LogP contribution in [0.15, 0.2) is 6.33 Å². The van der Waals surface area contributed by atoms with Gasteiger partial charge >= 0.3 is 0 Å². The molecule has 0 atom stereocenters. The zero-order chi connectivity index (χ0) is 10.1. The van der Waals surface area contributed by atoms with E-state index in [9.17, 15) is 0 Å². The predicted molar refractivity (Wildman–Crippen MR) is 58.5 cm³/mol. The van der Waals surface area contributed by atoms with Crippen molar-refractivity contribution in [2.75, 3.05) is 5.32 Å². The van der Waals surface area contributed by atoms with Crippen LogP contribution in [0.1, 0.15) is 36.9 Å². The molecular weight excluding hydrogens is 188 g/mol. The minimum absolute atomic E-state index is 0.629. The summed E-state index contributed by atoms with van der Waals surface area (Å²) in [5.74, 6) is 1.05. The van der Waals surface area contributed by atoms with Gasteiger partial charge in [-0.25, -0.2) is 9.97 Å². The third-order valence-electron chi connectivity index (χ3n) is 3.32. The molecule has 0 bridgehead atoms. The third kappa shape index (κ3) is 1.69. The molecule has 1 aromatic rings. The van der Waals surface area contributed by atoms with Crippen molar-refractivity contribution in [3.05, 3.63) is 17.6 Å². The van der Waals surface area contributed by atoms with E-state index in [2.05, 4.69) is 20.6 Å². The maximum atomic E-state index is 4.35. The van der Waals surface area contributed by atoms with E-state index in [4.69, 9.17) is 0 Å². The van der Waals surface area contributed by atoms with Gasteiger partial charge in [0.2, 0.25) is 0 Å². The SMILES string of the molecule is c1nc2c(c(NC3CCCC3)n1)CNC2. The van der Waals surface area contributed by atoms with E-state index >= 15 is 0 Å². The summed E-state index contributed by atoms with van der Waals surface area (Å²) in [7, 11) is 0. The molecule has 1 fully saturated rings. The summed E-state index contributed by atoms with van der Waals surface area (Å²) in [6, 6.07) is 0.629. The van der Waals surface area contributed by atoms with Gasteiger partial charge in [-0.3, -0.25) is 0 Å². The number of hydrogen-bond acceptors (Lipinski definition) is 4. The molecule has 1 aliphatic heterocycles. The van der Waals surface area contributed by atoms with Crippen molar-refractivity contribution >= 4 is 5.82 Å². The van der Waals surface area contributed by atoms with E-state index < -0.39 is 0 Å². The van der Waals surface area contributed by atoms with Gasteiger partial charge in [-0.05, 0) is 12.8 Å². The molecule has 2 aliphatic rings. The zero-order valence-corrected chi connectivity index (χ0v) is 8.79. The molecule has 15 heavy (non-hydrogen) atoms. The second-order valence-corrected chi connectivity index (χ2v) is 4.38. The highest BCUT2D eigenvalue weighted by molar-refractivity contribution is 5.48. The molecule has 1 aromatic heterocycles. The monoisotopic (exact) mass is 204 g/mol. The Morgan fingerprint density at radius 2 is 2.07 bits per heavy atom. The van der Waals surface area contributed by atoms with Crippen molar-refractivity contribution in [1.29, 1.82) is 0 Å². The van der Waals surface area contributed by atoms with Crippen molar-refractivity contribution in [2.45, 2.75) is 44.8 Å². The van der Waals surface area contributed by atoms with Gasteiger partial charge in [0, 0.05) is 24.7 Å². The number of fused-ring (bicyclic) bond motifs is 1. The number of aromatic nitrogens is 2. The van der Waals surface area contributed by atoms with E-state index in [0.29, 0.717) is 6.04 Å². The maximum Gasteiger partial charge on any atom is 0.134 e. The molecule has 0 amide bonds. The summed E-state index contributed by atoms with van der Waals surface area (Å²) < 4.78 is 0. The van der Waals surface area contributed by atoms with Gasteiger partial charge in [0.1, 0.15) is 12.1 Å². The highest BCUT2D eigenvalue weighted by atomic mass is 15.1. The normalized spacial score (nSPS) is 20.5. The zero-order valence-electron chi connectivity index (χ0n) is 8.79. The quantitative estimate of drug-likeness (QED) is 0.765. The van der Waals surface area contributed by atoms with Crippen LogP contribution in [0.2, 0.25) is 0 Å². The summed E-state index contributed by atoms with van der Waals surface area (Å²) in [4.78, 5) is 8.63. The van der Waals surface area contributed by atoms with Crippen LogP contribution >= 0.6 is 0 Å². The van der Waals surface area contributed by atoms with Crippen LogP contribution in [0.5, 0.6) is 0 Å². The molecule has 0 unspecified atom stereocenters. The van der Waals surface area contributed by atoms with E-state index in [-0.39, 0.29) is 0 Å². The van der Waals surface area contributed by atoms with Crippen molar-refractivity contribution in [2.24, 2.45) is 0 Å². The van der Waals surface area contributed by atoms with Crippen molar-refractivity contribution in [3.63, 3.8) is 0 Å². The molecule has 2 heterocycles. The molecule has 3 rings (SSSR count). The van der Waals surface area contributed by atoms with Crippen molar-refractivity contribution in [3.8, 4) is 0 Å². The first-order valence-corrected chi connectivity index (χ1v) is 5.73. The minimum Gasteiger partial charge on any atom is -0.367 e. The van der Waals surface area contributed by atoms with Crippen LogP contribution in [-0.4, -0.2) is 16.0 Å². The minimum atomic E-state index is 0.629. The van der Waals surface area contributed by atoms with Gasteiger partial charge < -0.3 is 10.6 Å². The standard InChI is InChI=1S/C11H16N4/c1-2-4-8(3-1)15-11-9-5-12-6-10(9)13-7-14-11/h7-8,12H,1-6H2,(H,13,14,15). The van der Waals surface area contributed by atoms with Gasteiger partial charge in [-0.2, -0.15) is 0 Å². The second kappa shape index (κ2) is 3.77. The molecule has 0 aromatic carbocycles. The number of anilines is 1. The highest BCUT2D eigenvalue weighted by Crippen LogP contribution is 2.25. The summed E-state index contributed by atoms with van der Waals surface area (Å²) in [6.45, 7) is 1.79. The first kappa shape index (κ1) is 9.09. The van der Waals surface area contributed by atoms with Gasteiger partial charge in [-0.15, -0.1) is 0 Å². The lowest BCUT2D eigenvalue weighted by molar-refractivity contribution is 0.741. The predicted octanol–water partition coefficient (Wildman–Crippen LogP) is 1.43. The number of nitrogens with zero attached hydrogens (tertiary/aromatic N) is 2. The molecule has 0 spiro atoms. The Balaban J connectivity index is 1.82. The van der Waals surface area contributed by atoms with Gasteiger partial charge in [0.05, 0.1) is 5.69 Å². The van der Waals surface area contributed by atoms with Crippen LogP contribution in [0, 0.1) is 0 Å². The fourth-order valence-corrected chi connectivity index (χ4v) is 2.48. The maximum absolute atomic E-state index is 4.35.